The van der Waals surface area contributed by atoms with Gasteiger partial charge in [-0.15, -0.1) is 0 Å². The van der Waals surface area contributed by atoms with Gasteiger partial charge in [0.2, 0.25) is 0 Å². The molecule has 0 spiro atoms. The molecule has 1 aliphatic carbocycles. The average molecular weight is 300 g/mol. The molecule has 0 bridgehead atoms. The van der Waals surface area contributed by atoms with E-state index in [0.29, 0.717) is 5.92 Å². The molecule has 0 unspecified atom stereocenters. The van der Waals surface area contributed by atoms with E-state index in [1.807, 2.05) is 19.1 Å². The molecule has 0 radical (unpaired) electrons. The molecule has 0 aliphatic heterocycles. The van der Waals surface area contributed by atoms with E-state index in [-0.39, 0.29) is 5.69 Å². The number of carbonyl (C=O) groups is 1. The number of benzene rings is 1. The van der Waals surface area contributed by atoms with Gasteiger partial charge in [-0.25, -0.2) is 4.79 Å². The van der Waals surface area contributed by atoms with Crippen LogP contribution in [0.3, 0.4) is 0 Å². The van der Waals surface area contributed by atoms with Crippen molar-refractivity contribution in [3.05, 3.63) is 35.0 Å². The lowest BCUT2D eigenvalue weighted by atomic mass is 10.0. The summed E-state index contributed by atoms with van der Waals surface area (Å²) in [6.07, 6.45) is 2.46. The Kier molecular flexibility index (Phi) is 3.64. The number of nitrogens with zero attached hydrogens (tertiary/aromatic N) is 2. The maximum absolute atomic E-state index is 11.1. The van der Waals surface area contributed by atoms with E-state index < -0.39 is 5.97 Å². The van der Waals surface area contributed by atoms with Crippen LogP contribution in [-0.2, 0) is 7.05 Å². The second-order valence-electron chi connectivity index (χ2n) is 5.98. The van der Waals surface area contributed by atoms with Crippen molar-refractivity contribution in [2.45, 2.75) is 26.7 Å². The summed E-state index contributed by atoms with van der Waals surface area (Å²) in [5, 5.41) is 13.2. The van der Waals surface area contributed by atoms with Crippen LogP contribution in [0, 0.1) is 19.8 Å². The zero-order chi connectivity index (χ0) is 15.9. The highest BCUT2D eigenvalue weighted by molar-refractivity contribution is 5.87. The molecule has 1 aromatic carbocycles. The third-order valence-corrected chi connectivity index (χ3v) is 4.21. The average Bonchev–Trinajstić information content (AvgIpc) is 3.22. The fraction of sp³-hybridized carbons (Fsp3) is 0.412. The van der Waals surface area contributed by atoms with Gasteiger partial charge in [0.1, 0.15) is 5.75 Å². The lowest BCUT2D eigenvalue weighted by molar-refractivity contribution is 0.0689. The van der Waals surface area contributed by atoms with E-state index in [0.717, 1.165) is 34.7 Å². The van der Waals surface area contributed by atoms with Crippen LogP contribution in [-0.4, -0.2) is 27.5 Å². The van der Waals surface area contributed by atoms with Gasteiger partial charge in [-0.2, -0.15) is 5.10 Å². The first kappa shape index (κ1) is 14.6. The molecule has 1 saturated carbocycles. The van der Waals surface area contributed by atoms with Gasteiger partial charge in [-0.05, 0) is 55.9 Å². The number of rotatable bonds is 5. The standard InChI is InChI=1S/C17H20N2O3/c1-10-4-7-13(15-8-14(17(20)21)18-19(15)3)16(11(10)2)22-9-12-5-6-12/h4,7-8,12H,5-6,9H2,1-3H3,(H,20,21). The number of aromatic carboxylic acids is 1. The van der Waals surface area contributed by atoms with E-state index in [1.54, 1.807) is 17.8 Å². The topological polar surface area (TPSA) is 64.3 Å². The normalized spacial score (nSPS) is 14.1. The van der Waals surface area contributed by atoms with Gasteiger partial charge in [0.25, 0.3) is 0 Å². The summed E-state index contributed by atoms with van der Waals surface area (Å²) in [6, 6.07) is 5.60. The van der Waals surface area contributed by atoms with Crippen molar-refractivity contribution in [2.75, 3.05) is 6.61 Å². The van der Waals surface area contributed by atoms with Gasteiger partial charge in [-0.1, -0.05) is 6.07 Å². The molecule has 0 atom stereocenters. The molecular formula is C17H20N2O3. The van der Waals surface area contributed by atoms with Crippen molar-refractivity contribution in [1.29, 1.82) is 0 Å². The molecule has 1 N–H and O–H groups in total. The Morgan fingerprint density at radius 3 is 2.73 bits per heavy atom. The Hall–Kier alpha value is -2.30. The van der Waals surface area contributed by atoms with Gasteiger partial charge in [0.15, 0.2) is 5.69 Å². The molecule has 22 heavy (non-hydrogen) atoms. The van der Waals surface area contributed by atoms with Gasteiger partial charge in [0.05, 0.1) is 12.3 Å². The molecule has 5 nitrogen and oxygen atoms in total. The SMILES string of the molecule is Cc1ccc(-c2cc(C(=O)O)nn2C)c(OCC2CC2)c1C. The van der Waals surface area contributed by atoms with Crippen molar-refractivity contribution in [2.24, 2.45) is 13.0 Å². The number of aromatic nitrogens is 2. The molecule has 5 heteroatoms. The Balaban J connectivity index is 2.04. The summed E-state index contributed by atoms with van der Waals surface area (Å²) in [5.41, 5.74) is 3.95. The number of carboxylic acids is 1. The van der Waals surface area contributed by atoms with Crippen LogP contribution >= 0.6 is 0 Å². The number of carboxylic acid groups (broad SMARTS) is 1. The number of hydrogen-bond donors (Lipinski definition) is 1. The molecule has 116 valence electrons. The summed E-state index contributed by atoms with van der Waals surface area (Å²) in [4.78, 5) is 11.1. The van der Waals surface area contributed by atoms with Crippen molar-refractivity contribution < 1.29 is 14.6 Å². The van der Waals surface area contributed by atoms with Crippen LogP contribution < -0.4 is 4.74 Å². The van der Waals surface area contributed by atoms with Crippen LogP contribution in [0.2, 0.25) is 0 Å². The first-order valence-electron chi connectivity index (χ1n) is 7.48. The van der Waals surface area contributed by atoms with Gasteiger partial charge in [0, 0.05) is 12.6 Å². The van der Waals surface area contributed by atoms with Gasteiger partial charge < -0.3 is 9.84 Å². The van der Waals surface area contributed by atoms with Crippen LogP contribution in [0.5, 0.6) is 5.75 Å². The smallest absolute Gasteiger partial charge is 0.356 e. The molecule has 2 aromatic rings. The summed E-state index contributed by atoms with van der Waals surface area (Å²) < 4.78 is 7.66. The minimum atomic E-state index is -1.02. The lowest BCUT2D eigenvalue weighted by Gasteiger charge is -2.16. The maximum Gasteiger partial charge on any atom is 0.356 e. The fourth-order valence-corrected chi connectivity index (χ4v) is 2.49. The van der Waals surface area contributed by atoms with Crippen LogP contribution in [0.15, 0.2) is 18.2 Å². The zero-order valence-electron chi connectivity index (χ0n) is 13.1. The first-order valence-corrected chi connectivity index (χ1v) is 7.48. The summed E-state index contributed by atoms with van der Waals surface area (Å²) in [5.74, 6) is 0.479. The lowest BCUT2D eigenvalue weighted by Crippen LogP contribution is -2.04. The number of aryl methyl sites for hydroxylation is 2. The fourth-order valence-electron chi connectivity index (χ4n) is 2.49. The highest BCUT2D eigenvalue weighted by Gasteiger charge is 2.24. The minimum absolute atomic E-state index is 0.0453. The molecule has 3 rings (SSSR count). The monoisotopic (exact) mass is 300 g/mol. The van der Waals surface area contributed by atoms with E-state index in [9.17, 15) is 4.79 Å². The second-order valence-corrected chi connectivity index (χ2v) is 5.98. The molecular weight excluding hydrogens is 280 g/mol. The largest absolute Gasteiger partial charge is 0.492 e. The van der Waals surface area contributed by atoms with E-state index in [2.05, 4.69) is 12.0 Å². The second kappa shape index (κ2) is 5.48. The van der Waals surface area contributed by atoms with E-state index in [4.69, 9.17) is 9.84 Å². The van der Waals surface area contributed by atoms with Crippen LogP contribution in [0.4, 0.5) is 0 Å². The van der Waals surface area contributed by atoms with Crippen LogP contribution in [0.25, 0.3) is 11.3 Å². The zero-order valence-corrected chi connectivity index (χ0v) is 13.1. The predicted molar refractivity (Wildman–Crippen MR) is 83.3 cm³/mol. The first-order chi connectivity index (χ1) is 10.5. The Morgan fingerprint density at radius 1 is 1.41 bits per heavy atom. The highest BCUT2D eigenvalue weighted by atomic mass is 16.5. The van der Waals surface area contributed by atoms with Crippen molar-refractivity contribution in [1.82, 2.24) is 9.78 Å². The Morgan fingerprint density at radius 2 is 2.14 bits per heavy atom. The van der Waals surface area contributed by atoms with E-state index >= 15 is 0 Å². The quantitative estimate of drug-likeness (QED) is 0.921. The molecule has 1 aromatic heterocycles. The summed E-state index contributed by atoms with van der Waals surface area (Å²) in [6.45, 7) is 4.81. The maximum atomic E-state index is 11.1. The van der Waals surface area contributed by atoms with Gasteiger partial charge >= 0.3 is 5.97 Å². The molecule has 0 amide bonds. The van der Waals surface area contributed by atoms with Crippen molar-refractivity contribution in [3.8, 4) is 17.0 Å². The summed E-state index contributed by atoms with van der Waals surface area (Å²) in [7, 11) is 1.75. The molecule has 0 saturated heterocycles. The number of hydrogen-bond acceptors (Lipinski definition) is 3. The Labute approximate surface area is 129 Å². The third kappa shape index (κ3) is 2.71. The molecule has 1 fully saturated rings. The minimum Gasteiger partial charge on any atom is -0.492 e. The molecule has 1 heterocycles. The van der Waals surface area contributed by atoms with Gasteiger partial charge in [-0.3, -0.25) is 4.68 Å². The Bertz CT molecular complexity index is 730. The summed E-state index contributed by atoms with van der Waals surface area (Å²) >= 11 is 0. The molecule has 1 aliphatic rings. The number of ether oxygens (including phenoxy) is 1. The highest BCUT2D eigenvalue weighted by Crippen LogP contribution is 2.37. The van der Waals surface area contributed by atoms with Crippen LogP contribution in [0.1, 0.15) is 34.5 Å². The predicted octanol–water partition coefficient (Wildman–Crippen LogP) is 3.19. The van der Waals surface area contributed by atoms with Crippen molar-refractivity contribution >= 4 is 5.97 Å². The third-order valence-electron chi connectivity index (χ3n) is 4.21. The van der Waals surface area contributed by atoms with E-state index in [1.165, 1.54) is 12.8 Å². The van der Waals surface area contributed by atoms with Crippen molar-refractivity contribution in [3.63, 3.8) is 0 Å².